The van der Waals surface area contributed by atoms with Gasteiger partial charge in [0.15, 0.2) is 11.5 Å². The summed E-state index contributed by atoms with van der Waals surface area (Å²) in [4.78, 5) is 19.7. The van der Waals surface area contributed by atoms with E-state index in [0.717, 1.165) is 24.0 Å². The molecule has 0 saturated carbocycles. The number of halogens is 1. The third-order valence-corrected chi connectivity index (χ3v) is 6.19. The highest BCUT2D eigenvalue weighted by Crippen LogP contribution is 2.34. The monoisotopic (exact) mass is 435 g/mol. The molecule has 0 radical (unpaired) electrons. The van der Waals surface area contributed by atoms with Crippen molar-refractivity contribution in [3.63, 3.8) is 0 Å². The molecule has 9 heteroatoms. The Kier molecular flexibility index (Phi) is 4.85. The highest BCUT2D eigenvalue weighted by atomic mass is 19.1. The molecule has 5 rings (SSSR count). The molecule has 1 saturated heterocycles. The van der Waals surface area contributed by atoms with Crippen LogP contribution in [0.5, 0.6) is 0 Å². The first-order valence-corrected chi connectivity index (χ1v) is 10.7. The van der Waals surface area contributed by atoms with Crippen molar-refractivity contribution in [1.29, 1.82) is 0 Å². The van der Waals surface area contributed by atoms with Crippen molar-refractivity contribution >= 4 is 33.8 Å². The predicted molar refractivity (Wildman–Crippen MR) is 123 cm³/mol. The van der Waals surface area contributed by atoms with E-state index in [1.807, 2.05) is 26.4 Å². The Hall–Kier alpha value is -3.46. The number of amides is 1. The summed E-state index contributed by atoms with van der Waals surface area (Å²) in [5.41, 5.74) is 3.43. The Balaban J connectivity index is 1.50. The standard InChI is InChI=1S/C23H26FN7O/c1-13-9-30-10-16(8-19(24)22(30)26-13)27-23(32)17-5-6-20(18-12-29(4)28-21(17)18)31-11-15(25-3)7-14(31)2/h5-6,8-10,12,14-15,25H,7,11H2,1-4H3,(H,27,32)/t14-,15-/m1/s1. The summed E-state index contributed by atoms with van der Waals surface area (Å²) in [6.07, 6.45) is 6.38. The fourth-order valence-corrected chi connectivity index (χ4v) is 4.66. The molecule has 166 valence electrons. The van der Waals surface area contributed by atoms with E-state index in [9.17, 15) is 9.18 Å². The summed E-state index contributed by atoms with van der Waals surface area (Å²) in [6, 6.07) is 5.87. The molecule has 2 N–H and O–H groups in total. The minimum absolute atomic E-state index is 0.233. The third-order valence-electron chi connectivity index (χ3n) is 6.19. The van der Waals surface area contributed by atoms with Crippen molar-refractivity contribution in [2.75, 3.05) is 23.8 Å². The second-order valence-corrected chi connectivity index (χ2v) is 8.56. The van der Waals surface area contributed by atoms with E-state index in [1.54, 1.807) is 34.5 Å². The van der Waals surface area contributed by atoms with E-state index in [-0.39, 0.29) is 11.6 Å². The van der Waals surface area contributed by atoms with Gasteiger partial charge in [-0.05, 0) is 39.4 Å². The number of likely N-dealkylation sites (N-methyl/N-ethyl adjacent to an activating group) is 1. The highest BCUT2D eigenvalue weighted by Gasteiger charge is 2.30. The molecule has 1 aliphatic heterocycles. The van der Waals surface area contributed by atoms with E-state index in [0.29, 0.717) is 34.5 Å². The van der Waals surface area contributed by atoms with Crippen LogP contribution in [0.15, 0.2) is 36.8 Å². The molecule has 4 aromatic rings. The molecule has 2 atom stereocenters. The molecule has 0 aliphatic carbocycles. The predicted octanol–water partition coefficient (Wildman–Crippen LogP) is 3.11. The number of carbonyl (C=O) groups is 1. The molecule has 32 heavy (non-hydrogen) atoms. The maximum Gasteiger partial charge on any atom is 0.257 e. The van der Waals surface area contributed by atoms with Gasteiger partial charge in [0.1, 0.15) is 5.52 Å². The average Bonchev–Trinajstić information content (AvgIpc) is 3.42. The molecule has 0 unspecified atom stereocenters. The summed E-state index contributed by atoms with van der Waals surface area (Å²) < 4.78 is 17.7. The number of fused-ring (bicyclic) bond motifs is 2. The maximum atomic E-state index is 14.4. The molecule has 1 amide bonds. The van der Waals surface area contributed by atoms with Gasteiger partial charge in [-0.2, -0.15) is 5.10 Å². The number of carbonyl (C=O) groups excluding carboxylic acids is 1. The Morgan fingerprint density at radius 2 is 2.06 bits per heavy atom. The van der Waals surface area contributed by atoms with Gasteiger partial charge in [-0.25, -0.2) is 9.37 Å². The molecule has 3 aromatic heterocycles. The number of rotatable bonds is 4. The number of hydrogen-bond donors (Lipinski definition) is 2. The number of imidazole rings is 1. The van der Waals surface area contributed by atoms with E-state index in [1.165, 1.54) is 6.07 Å². The average molecular weight is 436 g/mol. The molecular formula is C23H26FN7O. The van der Waals surface area contributed by atoms with Gasteiger partial charge in [-0.1, -0.05) is 0 Å². The van der Waals surface area contributed by atoms with Crippen molar-refractivity contribution in [2.45, 2.75) is 32.4 Å². The van der Waals surface area contributed by atoms with Crippen LogP contribution in [0, 0.1) is 12.7 Å². The molecule has 0 spiro atoms. The fraction of sp³-hybridized carbons (Fsp3) is 0.348. The van der Waals surface area contributed by atoms with E-state index < -0.39 is 5.82 Å². The first-order chi connectivity index (χ1) is 15.3. The smallest absolute Gasteiger partial charge is 0.257 e. The molecule has 8 nitrogen and oxygen atoms in total. The lowest BCUT2D eigenvalue weighted by molar-refractivity contribution is 0.102. The minimum Gasteiger partial charge on any atom is -0.367 e. The van der Waals surface area contributed by atoms with E-state index in [2.05, 4.69) is 32.5 Å². The second kappa shape index (κ2) is 7.59. The number of nitrogens with zero attached hydrogens (tertiary/aromatic N) is 5. The summed E-state index contributed by atoms with van der Waals surface area (Å²) in [5.74, 6) is -0.824. The van der Waals surface area contributed by atoms with Gasteiger partial charge in [0.2, 0.25) is 0 Å². The summed E-state index contributed by atoms with van der Waals surface area (Å²) in [6.45, 7) is 4.91. The normalized spacial score (nSPS) is 18.7. The molecule has 4 heterocycles. The van der Waals surface area contributed by atoms with Gasteiger partial charge in [0.25, 0.3) is 5.91 Å². The van der Waals surface area contributed by atoms with Crippen molar-refractivity contribution in [3.8, 4) is 0 Å². The van der Waals surface area contributed by atoms with Crippen LogP contribution in [0.4, 0.5) is 15.8 Å². The lowest BCUT2D eigenvalue weighted by atomic mass is 10.1. The number of pyridine rings is 1. The van der Waals surface area contributed by atoms with Crippen LogP contribution in [-0.4, -0.2) is 50.7 Å². The zero-order valence-electron chi connectivity index (χ0n) is 18.6. The quantitative estimate of drug-likeness (QED) is 0.515. The van der Waals surface area contributed by atoms with Gasteiger partial charge in [-0.3, -0.25) is 9.48 Å². The van der Waals surface area contributed by atoms with Gasteiger partial charge < -0.3 is 19.9 Å². The van der Waals surface area contributed by atoms with Crippen LogP contribution in [0.1, 0.15) is 29.4 Å². The Morgan fingerprint density at radius 3 is 2.81 bits per heavy atom. The number of hydrogen-bond acceptors (Lipinski definition) is 5. The minimum atomic E-state index is -0.490. The van der Waals surface area contributed by atoms with Crippen LogP contribution in [-0.2, 0) is 7.05 Å². The first-order valence-electron chi connectivity index (χ1n) is 10.7. The number of anilines is 2. The lowest BCUT2D eigenvalue weighted by Crippen LogP contribution is -2.31. The molecule has 1 aliphatic rings. The SMILES string of the molecule is CN[C@@H]1C[C@@H](C)N(c2ccc(C(=O)Nc3cc(F)c4nc(C)cn4c3)c3nn(C)cc23)C1. The van der Waals surface area contributed by atoms with Gasteiger partial charge in [-0.15, -0.1) is 0 Å². The van der Waals surface area contributed by atoms with Crippen LogP contribution in [0.2, 0.25) is 0 Å². The van der Waals surface area contributed by atoms with Gasteiger partial charge >= 0.3 is 0 Å². The van der Waals surface area contributed by atoms with Crippen LogP contribution in [0.3, 0.4) is 0 Å². The topological polar surface area (TPSA) is 79.5 Å². The molecule has 0 bridgehead atoms. The zero-order valence-corrected chi connectivity index (χ0v) is 18.6. The van der Waals surface area contributed by atoms with Crippen molar-refractivity contribution < 1.29 is 9.18 Å². The van der Waals surface area contributed by atoms with E-state index in [4.69, 9.17) is 0 Å². The Labute approximate surface area is 185 Å². The molecule has 1 aromatic carbocycles. The van der Waals surface area contributed by atoms with Crippen LogP contribution >= 0.6 is 0 Å². The summed E-state index contributed by atoms with van der Waals surface area (Å²) in [7, 11) is 3.83. The lowest BCUT2D eigenvalue weighted by Gasteiger charge is -2.25. The summed E-state index contributed by atoms with van der Waals surface area (Å²) >= 11 is 0. The summed E-state index contributed by atoms with van der Waals surface area (Å²) in [5, 5.41) is 11.7. The van der Waals surface area contributed by atoms with Crippen molar-refractivity contribution in [3.05, 3.63) is 53.9 Å². The molecule has 1 fully saturated rings. The van der Waals surface area contributed by atoms with Gasteiger partial charge in [0.05, 0.1) is 16.9 Å². The van der Waals surface area contributed by atoms with E-state index >= 15 is 0 Å². The van der Waals surface area contributed by atoms with Crippen molar-refractivity contribution in [2.24, 2.45) is 7.05 Å². The van der Waals surface area contributed by atoms with Gasteiger partial charge in [0, 0.05) is 61.4 Å². The van der Waals surface area contributed by atoms with Crippen LogP contribution < -0.4 is 15.5 Å². The number of aromatic nitrogens is 4. The largest absolute Gasteiger partial charge is 0.367 e. The first kappa shape index (κ1) is 20.4. The third kappa shape index (κ3) is 3.38. The number of nitrogens with one attached hydrogen (secondary N) is 2. The van der Waals surface area contributed by atoms with Crippen LogP contribution in [0.25, 0.3) is 16.6 Å². The Morgan fingerprint density at radius 1 is 1.25 bits per heavy atom. The molecular weight excluding hydrogens is 409 g/mol. The highest BCUT2D eigenvalue weighted by molar-refractivity contribution is 6.14. The number of benzene rings is 1. The second-order valence-electron chi connectivity index (χ2n) is 8.56. The Bertz CT molecular complexity index is 1340. The fourth-order valence-electron chi connectivity index (χ4n) is 4.66. The number of aryl methyl sites for hydroxylation is 2. The van der Waals surface area contributed by atoms with Crippen molar-refractivity contribution in [1.82, 2.24) is 24.5 Å². The zero-order chi connectivity index (χ0) is 22.6. The maximum absolute atomic E-state index is 14.4.